The topological polar surface area (TPSA) is 46.2 Å². The number of benzene rings is 1. The van der Waals surface area contributed by atoms with Gasteiger partial charge in [-0.05, 0) is 24.6 Å². The zero-order valence-corrected chi connectivity index (χ0v) is 8.17. The highest BCUT2D eigenvalue weighted by Gasteiger charge is 2.49. The molecular formula is C10H12F3NO. The van der Waals surface area contributed by atoms with Gasteiger partial charge in [-0.15, -0.1) is 0 Å². The van der Waals surface area contributed by atoms with Crippen LogP contribution in [0.3, 0.4) is 0 Å². The largest absolute Gasteiger partial charge is 0.379 e. The van der Waals surface area contributed by atoms with Gasteiger partial charge in [-0.2, -0.15) is 0 Å². The van der Waals surface area contributed by atoms with Crippen molar-refractivity contribution in [2.24, 2.45) is 5.73 Å². The van der Waals surface area contributed by atoms with Crippen molar-refractivity contribution in [3.8, 4) is 0 Å². The Morgan fingerprint density at radius 1 is 1.40 bits per heavy atom. The first-order chi connectivity index (χ1) is 6.81. The first-order valence-electron chi connectivity index (χ1n) is 4.37. The van der Waals surface area contributed by atoms with E-state index in [1.807, 2.05) is 0 Å². The number of hydrogen-bond donors (Lipinski definition) is 2. The molecule has 2 nitrogen and oxygen atoms in total. The van der Waals surface area contributed by atoms with Gasteiger partial charge < -0.3 is 10.8 Å². The molecule has 84 valence electrons. The van der Waals surface area contributed by atoms with Crippen molar-refractivity contribution in [3.63, 3.8) is 0 Å². The summed E-state index contributed by atoms with van der Waals surface area (Å²) in [6, 6.07) is 4.46. The average molecular weight is 219 g/mol. The number of hydrogen-bond acceptors (Lipinski definition) is 2. The monoisotopic (exact) mass is 219 g/mol. The van der Waals surface area contributed by atoms with Crippen LogP contribution in [0.1, 0.15) is 12.5 Å². The molecule has 0 fully saturated rings. The highest BCUT2D eigenvalue weighted by molar-refractivity contribution is 5.25. The van der Waals surface area contributed by atoms with Crippen LogP contribution in [0.5, 0.6) is 0 Å². The highest BCUT2D eigenvalue weighted by Crippen LogP contribution is 2.36. The van der Waals surface area contributed by atoms with E-state index < -0.39 is 23.9 Å². The first kappa shape index (κ1) is 12.0. The maximum absolute atomic E-state index is 13.3. The van der Waals surface area contributed by atoms with Crippen molar-refractivity contribution < 1.29 is 18.3 Å². The van der Waals surface area contributed by atoms with Gasteiger partial charge in [0, 0.05) is 0 Å². The van der Waals surface area contributed by atoms with Crippen LogP contribution in [-0.4, -0.2) is 17.6 Å². The molecule has 0 saturated heterocycles. The molecule has 0 aliphatic carbocycles. The first-order valence-corrected chi connectivity index (χ1v) is 4.37. The second-order valence-electron chi connectivity index (χ2n) is 3.49. The van der Waals surface area contributed by atoms with Gasteiger partial charge in [-0.3, -0.25) is 0 Å². The van der Waals surface area contributed by atoms with E-state index in [1.54, 1.807) is 0 Å². The van der Waals surface area contributed by atoms with E-state index in [1.165, 1.54) is 12.1 Å². The van der Waals surface area contributed by atoms with Crippen molar-refractivity contribution in [3.05, 3.63) is 35.6 Å². The molecule has 0 spiro atoms. The van der Waals surface area contributed by atoms with Crippen LogP contribution in [0.4, 0.5) is 13.2 Å². The lowest BCUT2D eigenvalue weighted by atomic mass is 9.89. The predicted molar refractivity (Wildman–Crippen MR) is 50.0 cm³/mol. The minimum Gasteiger partial charge on any atom is -0.379 e. The van der Waals surface area contributed by atoms with Crippen molar-refractivity contribution >= 4 is 0 Å². The van der Waals surface area contributed by atoms with Crippen LogP contribution in [0, 0.1) is 5.82 Å². The standard InChI is InChI=1S/C10H12F3NO/c1-9(15,10(12,13)6-14)7-3-2-4-8(11)5-7/h2-5,15H,6,14H2,1H3. The minimum absolute atomic E-state index is 0.196. The Hall–Kier alpha value is -1.07. The summed E-state index contributed by atoms with van der Waals surface area (Å²) in [6.07, 6.45) is 0. The van der Waals surface area contributed by atoms with E-state index in [0.717, 1.165) is 19.1 Å². The lowest BCUT2D eigenvalue weighted by Gasteiger charge is -2.32. The molecule has 0 amide bonds. The molecule has 3 N–H and O–H groups in total. The van der Waals surface area contributed by atoms with Crippen molar-refractivity contribution in [1.82, 2.24) is 0 Å². The Balaban J connectivity index is 3.16. The molecule has 0 radical (unpaired) electrons. The number of aliphatic hydroxyl groups is 1. The Labute approximate surface area is 85.5 Å². The van der Waals surface area contributed by atoms with E-state index in [4.69, 9.17) is 5.73 Å². The Bertz CT molecular complexity index is 352. The smallest absolute Gasteiger partial charge is 0.291 e. The molecule has 0 heterocycles. The van der Waals surface area contributed by atoms with E-state index in [0.29, 0.717) is 0 Å². The molecule has 1 rings (SSSR count). The van der Waals surface area contributed by atoms with Gasteiger partial charge in [0.05, 0.1) is 6.54 Å². The molecule has 1 aromatic rings. The molecule has 0 aliphatic heterocycles. The van der Waals surface area contributed by atoms with Crippen LogP contribution in [-0.2, 0) is 5.60 Å². The third-order valence-electron chi connectivity index (χ3n) is 2.36. The van der Waals surface area contributed by atoms with E-state index in [-0.39, 0.29) is 5.56 Å². The summed E-state index contributed by atoms with van der Waals surface area (Å²) in [7, 11) is 0. The molecule has 1 unspecified atom stereocenters. The van der Waals surface area contributed by atoms with Crippen LogP contribution in [0.25, 0.3) is 0 Å². The Kier molecular flexibility index (Phi) is 3.06. The maximum atomic E-state index is 13.3. The molecule has 0 aliphatic rings. The number of halogens is 3. The van der Waals surface area contributed by atoms with Gasteiger partial charge in [0.15, 0.2) is 5.60 Å². The van der Waals surface area contributed by atoms with Crippen LogP contribution in [0.15, 0.2) is 24.3 Å². The fraction of sp³-hybridized carbons (Fsp3) is 0.400. The predicted octanol–water partition coefficient (Wildman–Crippen LogP) is 1.63. The number of rotatable bonds is 3. The lowest BCUT2D eigenvalue weighted by molar-refractivity contribution is -0.170. The highest BCUT2D eigenvalue weighted by atomic mass is 19.3. The fourth-order valence-electron chi connectivity index (χ4n) is 1.20. The second-order valence-corrected chi connectivity index (χ2v) is 3.49. The van der Waals surface area contributed by atoms with Crippen molar-refractivity contribution in [1.29, 1.82) is 0 Å². The normalized spacial score (nSPS) is 16.1. The summed E-state index contributed by atoms with van der Waals surface area (Å²) in [5.74, 6) is -4.18. The minimum atomic E-state index is -3.50. The Morgan fingerprint density at radius 3 is 2.47 bits per heavy atom. The third kappa shape index (κ3) is 2.13. The van der Waals surface area contributed by atoms with Crippen LogP contribution >= 0.6 is 0 Å². The summed E-state index contributed by atoms with van der Waals surface area (Å²) in [5, 5.41) is 9.64. The van der Waals surface area contributed by atoms with E-state index in [9.17, 15) is 18.3 Å². The van der Waals surface area contributed by atoms with Crippen molar-refractivity contribution in [2.75, 3.05) is 6.54 Å². The van der Waals surface area contributed by atoms with Gasteiger partial charge in [0.1, 0.15) is 5.82 Å². The number of nitrogens with two attached hydrogens (primary N) is 1. The van der Waals surface area contributed by atoms with Gasteiger partial charge in [-0.25, -0.2) is 13.2 Å². The molecular weight excluding hydrogens is 207 g/mol. The SMILES string of the molecule is CC(O)(c1cccc(F)c1)C(F)(F)CN. The van der Waals surface area contributed by atoms with Gasteiger partial charge in [0.25, 0.3) is 5.92 Å². The van der Waals surface area contributed by atoms with E-state index in [2.05, 4.69) is 0 Å². The quantitative estimate of drug-likeness (QED) is 0.811. The second kappa shape index (κ2) is 3.83. The third-order valence-corrected chi connectivity index (χ3v) is 2.36. The molecule has 1 atom stereocenters. The lowest BCUT2D eigenvalue weighted by Crippen LogP contribution is -2.48. The summed E-state index contributed by atoms with van der Waals surface area (Å²) >= 11 is 0. The van der Waals surface area contributed by atoms with Crippen LogP contribution < -0.4 is 5.73 Å². The van der Waals surface area contributed by atoms with Crippen LogP contribution in [0.2, 0.25) is 0 Å². The zero-order valence-electron chi connectivity index (χ0n) is 8.17. The maximum Gasteiger partial charge on any atom is 0.291 e. The number of alkyl halides is 2. The van der Waals surface area contributed by atoms with Crippen molar-refractivity contribution in [2.45, 2.75) is 18.4 Å². The summed E-state index contributed by atoms with van der Waals surface area (Å²) in [5.41, 5.74) is 2.20. The van der Waals surface area contributed by atoms with Gasteiger partial charge in [-0.1, -0.05) is 12.1 Å². The molecule has 0 saturated carbocycles. The van der Waals surface area contributed by atoms with Gasteiger partial charge in [0.2, 0.25) is 0 Å². The summed E-state index contributed by atoms with van der Waals surface area (Å²) in [6.45, 7) is -0.0921. The Morgan fingerprint density at radius 2 is 2.00 bits per heavy atom. The fourth-order valence-corrected chi connectivity index (χ4v) is 1.20. The summed E-state index contributed by atoms with van der Waals surface area (Å²) < 4.78 is 39.3. The summed E-state index contributed by atoms with van der Waals surface area (Å²) in [4.78, 5) is 0. The molecule has 0 aromatic heterocycles. The molecule has 1 aromatic carbocycles. The molecule has 0 bridgehead atoms. The van der Waals surface area contributed by atoms with E-state index >= 15 is 0 Å². The molecule has 15 heavy (non-hydrogen) atoms. The van der Waals surface area contributed by atoms with Gasteiger partial charge >= 0.3 is 0 Å². The molecule has 5 heteroatoms. The average Bonchev–Trinajstić information content (AvgIpc) is 2.17. The zero-order chi connectivity index (χ0) is 11.7.